The first-order valence-corrected chi connectivity index (χ1v) is 8.83. The first-order chi connectivity index (χ1) is 10.8. The zero-order valence-corrected chi connectivity index (χ0v) is 15.7. The number of likely N-dealkylation sites (tertiary alicyclic amines) is 1. The fourth-order valence-electron chi connectivity index (χ4n) is 2.79. The van der Waals surface area contributed by atoms with Crippen LogP contribution in [0.4, 0.5) is 0 Å². The van der Waals surface area contributed by atoms with E-state index in [1.165, 1.54) is 39.0 Å². The highest BCUT2D eigenvalue weighted by atomic mass is 16.2. The lowest BCUT2D eigenvalue weighted by Crippen LogP contribution is -2.54. The van der Waals surface area contributed by atoms with Crippen LogP contribution in [0, 0.1) is 0 Å². The Morgan fingerprint density at radius 1 is 1.00 bits per heavy atom. The fourth-order valence-corrected chi connectivity index (χ4v) is 2.79. The van der Waals surface area contributed by atoms with Gasteiger partial charge in [-0.2, -0.15) is 0 Å². The molecular formula is C17H39N3O2. The number of carbonyl (C=O) groups excluding carboxylic acids is 1. The van der Waals surface area contributed by atoms with Gasteiger partial charge in [-0.15, -0.1) is 0 Å². The van der Waals surface area contributed by atoms with Gasteiger partial charge in [0.25, 0.3) is 0 Å². The Bertz CT molecular complexity index is 232. The molecule has 2 aliphatic heterocycles. The monoisotopic (exact) mass is 317 g/mol. The summed E-state index contributed by atoms with van der Waals surface area (Å²) in [4.78, 5) is 17.8. The molecule has 1 N–H and O–H groups in total. The topological polar surface area (TPSA) is 47.0 Å². The Balaban J connectivity index is 0. The maximum absolute atomic E-state index is 10.5. The summed E-state index contributed by atoms with van der Waals surface area (Å²) < 4.78 is 0. The van der Waals surface area contributed by atoms with Crippen molar-refractivity contribution < 1.29 is 9.90 Å². The summed E-state index contributed by atoms with van der Waals surface area (Å²) in [6, 6.07) is 0.683. The van der Waals surface area contributed by atoms with Crippen molar-refractivity contribution >= 4 is 6.29 Å². The number of rotatable bonds is 3. The number of aldehydes is 1. The molecule has 0 bridgehead atoms. The maximum Gasteiger partial charge on any atom is 0.133 e. The molecular weight excluding hydrogens is 278 g/mol. The van der Waals surface area contributed by atoms with E-state index in [-0.39, 0.29) is 0 Å². The van der Waals surface area contributed by atoms with Gasteiger partial charge in [-0.25, -0.2) is 0 Å². The molecule has 2 fully saturated rings. The van der Waals surface area contributed by atoms with Crippen LogP contribution in [0.15, 0.2) is 0 Å². The Kier molecular flexibility index (Phi) is 18.2. The molecule has 5 heteroatoms. The van der Waals surface area contributed by atoms with Crippen molar-refractivity contribution in [2.24, 2.45) is 0 Å². The third kappa shape index (κ3) is 9.51. The predicted molar refractivity (Wildman–Crippen MR) is 95.4 cm³/mol. The summed E-state index contributed by atoms with van der Waals surface area (Å²) >= 11 is 0. The number of aliphatic hydroxyl groups is 1. The minimum Gasteiger partial charge on any atom is -0.400 e. The number of likely N-dealkylation sites (N-methyl/N-ethyl adjacent to an activating group) is 1. The minimum absolute atomic E-state index is 0.615. The van der Waals surface area contributed by atoms with Gasteiger partial charge < -0.3 is 14.8 Å². The molecule has 0 spiro atoms. The van der Waals surface area contributed by atoms with E-state index in [4.69, 9.17) is 5.11 Å². The van der Waals surface area contributed by atoms with Crippen LogP contribution in [0.25, 0.3) is 0 Å². The molecule has 0 amide bonds. The predicted octanol–water partition coefficient (Wildman–Crippen LogP) is 1.56. The maximum atomic E-state index is 10.5. The summed E-state index contributed by atoms with van der Waals surface area (Å²) in [5, 5.41) is 7.00. The van der Waals surface area contributed by atoms with Gasteiger partial charge in [0.15, 0.2) is 0 Å². The summed E-state index contributed by atoms with van der Waals surface area (Å²) in [5.41, 5.74) is 0. The highest BCUT2D eigenvalue weighted by Gasteiger charge is 2.26. The van der Waals surface area contributed by atoms with Gasteiger partial charge in [-0.3, -0.25) is 9.80 Å². The molecule has 0 aliphatic carbocycles. The molecule has 2 rings (SSSR count). The third-order valence-corrected chi connectivity index (χ3v) is 3.87. The molecule has 0 radical (unpaired) electrons. The van der Waals surface area contributed by atoms with E-state index in [1.807, 2.05) is 27.7 Å². The SMILES string of the molecule is CC.CC.CN1CCN(C2CCCN(CC=O)C2)CC1.CO. The number of aliphatic hydroxyl groups excluding tert-OH is 1. The largest absolute Gasteiger partial charge is 0.400 e. The zero-order valence-electron chi connectivity index (χ0n) is 15.7. The summed E-state index contributed by atoms with van der Waals surface area (Å²) in [7, 11) is 3.19. The molecule has 0 aromatic carbocycles. The molecule has 1 unspecified atom stereocenters. The number of hydrogen-bond donors (Lipinski definition) is 1. The highest BCUT2D eigenvalue weighted by Crippen LogP contribution is 2.16. The zero-order chi connectivity index (χ0) is 17.4. The van der Waals surface area contributed by atoms with Gasteiger partial charge in [-0.05, 0) is 26.4 Å². The second kappa shape index (κ2) is 16.9. The number of hydrogen-bond acceptors (Lipinski definition) is 5. The molecule has 0 aromatic heterocycles. The summed E-state index contributed by atoms with van der Waals surface area (Å²) in [6.07, 6.45) is 3.58. The Morgan fingerprint density at radius 3 is 2.05 bits per heavy atom. The molecule has 5 nitrogen and oxygen atoms in total. The Morgan fingerprint density at radius 2 is 1.55 bits per heavy atom. The van der Waals surface area contributed by atoms with E-state index in [0.29, 0.717) is 12.6 Å². The lowest BCUT2D eigenvalue weighted by atomic mass is 10.0. The van der Waals surface area contributed by atoms with Crippen LogP contribution >= 0.6 is 0 Å². The lowest BCUT2D eigenvalue weighted by molar-refractivity contribution is -0.109. The van der Waals surface area contributed by atoms with Crippen LogP contribution in [-0.2, 0) is 4.79 Å². The van der Waals surface area contributed by atoms with Crippen molar-refractivity contribution in [3.8, 4) is 0 Å². The first kappa shape index (κ1) is 23.8. The van der Waals surface area contributed by atoms with Gasteiger partial charge in [0.05, 0.1) is 6.54 Å². The van der Waals surface area contributed by atoms with Crippen LogP contribution in [0.5, 0.6) is 0 Å². The van der Waals surface area contributed by atoms with Gasteiger partial charge in [-0.1, -0.05) is 27.7 Å². The number of carbonyl (C=O) groups is 1. The Hall–Kier alpha value is -0.490. The Labute approximate surface area is 138 Å². The van der Waals surface area contributed by atoms with E-state index in [1.54, 1.807) is 0 Å². The second-order valence-corrected chi connectivity index (χ2v) is 5.06. The molecule has 0 aromatic rings. The van der Waals surface area contributed by atoms with Gasteiger partial charge in [0, 0.05) is 45.9 Å². The van der Waals surface area contributed by atoms with Crippen LogP contribution in [0.2, 0.25) is 0 Å². The average Bonchev–Trinajstić information content (AvgIpc) is 2.61. The van der Waals surface area contributed by atoms with Crippen molar-refractivity contribution in [2.75, 3.05) is 60.0 Å². The number of piperazine rings is 1. The van der Waals surface area contributed by atoms with Crippen LogP contribution in [0.1, 0.15) is 40.5 Å². The van der Waals surface area contributed by atoms with Crippen molar-refractivity contribution in [3.63, 3.8) is 0 Å². The van der Waals surface area contributed by atoms with Crippen LogP contribution in [0.3, 0.4) is 0 Å². The van der Waals surface area contributed by atoms with E-state index in [2.05, 4.69) is 21.7 Å². The van der Waals surface area contributed by atoms with Crippen molar-refractivity contribution in [1.29, 1.82) is 0 Å². The summed E-state index contributed by atoms with van der Waals surface area (Å²) in [5.74, 6) is 0. The molecule has 22 heavy (non-hydrogen) atoms. The smallest absolute Gasteiger partial charge is 0.133 e. The van der Waals surface area contributed by atoms with Gasteiger partial charge >= 0.3 is 0 Å². The normalized spacial score (nSPS) is 23.0. The highest BCUT2D eigenvalue weighted by molar-refractivity contribution is 5.51. The standard InChI is InChI=1S/C12H23N3O.2C2H6.CH4O/c1-13-5-7-15(8-6-13)12-3-2-4-14(11-12)9-10-16;3*1-2/h10,12H,2-9,11H2,1H3;2*1-2H3;2H,1H3. The fraction of sp³-hybridized carbons (Fsp3) is 0.941. The average molecular weight is 318 g/mol. The first-order valence-electron chi connectivity index (χ1n) is 8.83. The molecule has 2 saturated heterocycles. The molecule has 134 valence electrons. The summed E-state index contributed by atoms with van der Waals surface area (Å²) in [6.45, 7) is 15.6. The third-order valence-electron chi connectivity index (χ3n) is 3.87. The van der Waals surface area contributed by atoms with E-state index < -0.39 is 0 Å². The molecule has 2 aliphatic rings. The number of piperidine rings is 1. The van der Waals surface area contributed by atoms with Crippen molar-refractivity contribution in [1.82, 2.24) is 14.7 Å². The van der Waals surface area contributed by atoms with E-state index in [0.717, 1.165) is 26.5 Å². The molecule has 2 heterocycles. The minimum atomic E-state index is 0.615. The van der Waals surface area contributed by atoms with Gasteiger partial charge in [0.1, 0.15) is 6.29 Å². The lowest BCUT2D eigenvalue weighted by Gasteiger charge is -2.42. The van der Waals surface area contributed by atoms with E-state index in [9.17, 15) is 4.79 Å². The molecule has 0 saturated carbocycles. The van der Waals surface area contributed by atoms with Crippen molar-refractivity contribution in [3.05, 3.63) is 0 Å². The number of nitrogens with zero attached hydrogens (tertiary/aromatic N) is 3. The molecule has 1 atom stereocenters. The quantitative estimate of drug-likeness (QED) is 0.801. The van der Waals surface area contributed by atoms with Crippen LogP contribution < -0.4 is 0 Å². The van der Waals surface area contributed by atoms with Crippen LogP contribution in [-0.4, -0.2) is 92.1 Å². The van der Waals surface area contributed by atoms with Gasteiger partial charge in [0.2, 0.25) is 0 Å². The van der Waals surface area contributed by atoms with Crippen molar-refractivity contribution in [2.45, 2.75) is 46.6 Å². The second-order valence-electron chi connectivity index (χ2n) is 5.06. The van der Waals surface area contributed by atoms with E-state index >= 15 is 0 Å².